The average Bonchev–Trinajstić information content (AvgIpc) is 3.19. The largest absolute Gasteiger partial charge is 0.367 e. The Labute approximate surface area is 103 Å². The molecule has 1 heterocycles. The first kappa shape index (κ1) is 11.0. The van der Waals surface area contributed by atoms with Gasteiger partial charge >= 0.3 is 0 Å². The average molecular weight is 231 g/mol. The van der Waals surface area contributed by atoms with Crippen LogP contribution >= 0.6 is 0 Å². The molecule has 0 amide bonds. The minimum absolute atomic E-state index is 0.680. The number of anilines is 1. The predicted octanol–water partition coefficient (Wildman–Crippen LogP) is 3.03. The van der Waals surface area contributed by atoms with Gasteiger partial charge in [-0.1, -0.05) is 13.3 Å². The molecule has 3 heteroatoms. The van der Waals surface area contributed by atoms with Gasteiger partial charge in [-0.2, -0.15) is 0 Å². The summed E-state index contributed by atoms with van der Waals surface area (Å²) in [7, 11) is 0. The van der Waals surface area contributed by atoms with Crippen LogP contribution in [0.2, 0.25) is 0 Å². The number of nitrogens with one attached hydrogen (secondary N) is 1. The molecule has 0 aromatic carbocycles. The lowest BCUT2D eigenvalue weighted by Gasteiger charge is -2.18. The summed E-state index contributed by atoms with van der Waals surface area (Å²) in [6.45, 7) is 2.19. The maximum absolute atomic E-state index is 4.36. The van der Waals surface area contributed by atoms with Crippen molar-refractivity contribution < 1.29 is 0 Å². The molecule has 2 aliphatic rings. The van der Waals surface area contributed by atoms with Crippen molar-refractivity contribution in [1.82, 2.24) is 9.97 Å². The number of aryl methyl sites for hydroxylation is 1. The summed E-state index contributed by atoms with van der Waals surface area (Å²) >= 11 is 0. The SMILES string of the molecule is CCCc1cc(NC(C2CC2)C2CC2)ncn1. The Hall–Kier alpha value is -1.12. The first-order valence-corrected chi connectivity index (χ1v) is 6.94. The lowest BCUT2D eigenvalue weighted by atomic mass is 10.1. The van der Waals surface area contributed by atoms with E-state index in [0.29, 0.717) is 6.04 Å². The van der Waals surface area contributed by atoms with Gasteiger partial charge in [0.2, 0.25) is 0 Å². The standard InChI is InChI=1S/C14H21N3/c1-2-3-12-8-13(16-9-15-12)17-14(10-4-5-10)11-6-7-11/h8-11,14H,2-7H2,1H3,(H,15,16,17). The van der Waals surface area contributed by atoms with Gasteiger partial charge < -0.3 is 5.32 Å². The minimum Gasteiger partial charge on any atom is -0.367 e. The Morgan fingerprint density at radius 3 is 2.53 bits per heavy atom. The van der Waals surface area contributed by atoms with E-state index < -0.39 is 0 Å². The van der Waals surface area contributed by atoms with Crippen molar-refractivity contribution in [3.8, 4) is 0 Å². The van der Waals surface area contributed by atoms with E-state index in [1.165, 1.54) is 25.7 Å². The van der Waals surface area contributed by atoms with Crippen LogP contribution in [0.3, 0.4) is 0 Å². The topological polar surface area (TPSA) is 37.8 Å². The summed E-state index contributed by atoms with van der Waals surface area (Å²) in [5, 5.41) is 3.65. The van der Waals surface area contributed by atoms with Crippen LogP contribution in [0.15, 0.2) is 12.4 Å². The zero-order valence-corrected chi connectivity index (χ0v) is 10.5. The van der Waals surface area contributed by atoms with Crippen molar-refractivity contribution in [2.75, 3.05) is 5.32 Å². The highest BCUT2D eigenvalue weighted by Crippen LogP contribution is 2.45. The second kappa shape index (κ2) is 4.63. The van der Waals surface area contributed by atoms with Gasteiger partial charge in [0.1, 0.15) is 12.1 Å². The number of rotatable bonds is 6. The van der Waals surface area contributed by atoms with E-state index in [9.17, 15) is 0 Å². The van der Waals surface area contributed by atoms with Gasteiger partial charge in [-0.05, 0) is 43.9 Å². The zero-order valence-electron chi connectivity index (χ0n) is 10.5. The van der Waals surface area contributed by atoms with E-state index in [1.807, 2.05) is 0 Å². The molecule has 0 bridgehead atoms. The van der Waals surface area contributed by atoms with Gasteiger partial charge in [0.05, 0.1) is 0 Å². The molecule has 2 fully saturated rings. The van der Waals surface area contributed by atoms with E-state index >= 15 is 0 Å². The molecular formula is C14H21N3. The Kier molecular flexibility index (Phi) is 3.00. The predicted molar refractivity (Wildman–Crippen MR) is 68.9 cm³/mol. The van der Waals surface area contributed by atoms with Crippen molar-refractivity contribution in [3.05, 3.63) is 18.1 Å². The minimum atomic E-state index is 0.680. The molecule has 0 radical (unpaired) electrons. The van der Waals surface area contributed by atoms with Gasteiger partial charge in [0, 0.05) is 17.8 Å². The van der Waals surface area contributed by atoms with Crippen LogP contribution in [0.5, 0.6) is 0 Å². The molecule has 0 saturated heterocycles. The highest BCUT2D eigenvalue weighted by atomic mass is 15.1. The second-order valence-electron chi connectivity index (χ2n) is 5.49. The van der Waals surface area contributed by atoms with Crippen LogP contribution in [0.4, 0.5) is 5.82 Å². The molecular weight excluding hydrogens is 210 g/mol. The fourth-order valence-electron chi connectivity index (χ4n) is 2.57. The van der Waals surface area contributed by atoms with Crippen molar-refractivity contribution in [3.63, 3.8) is 0 Å². The maximum atomic E-state index is 4.36. The number of hydrogen-bond acceptors (Lipinski definition) is 3. The molecule has 0 atom stereocenters. The van der Waals surface area contributed by atoms with Crippen LogP contribution in [0.1, 0.15) is 44.7 Å². The third-order valence-electron chi connectivity index (χ3n) is 3.80. The van der Waals surface area contributed by atoms with Crippen molar-refractivity contribution in [1.29, 1.82) is 0 Å². The Balaban J connectivity index is 1.67. The molecule has 0 spiro atoms. The fourth-order valence-corrected chi connectivity index (χ4v) is 2.57. The normalized spacial score (nSPS) is 19.6. The highest BCUT2D eigenvalue weighted by Gasteiger charge is 2.41. The van der Waals surface area contributed by atoms with E-state index in [4.69, 9.17) is 0 Å². The molecule has 1 aromatic heterocycles. The summed E-state index contributed by atoms with van der Waals surface area (Å²) in [6.07, 6.45) is 9.51. The molecule has 3 nitrogen and oxygen atoms in total. The molecule has 17 heavy (non-hydrogen) atoms. The van der Waals surface area contributed by atoms with Gasteiger partial charge in [-0.25, -0.2) is 9.97 Å². The molecule has 0 unspecified atom stereocenters. The smallest absolute Gasteiger partial charge is 0.129 e. The van der Waals surface area contributed by atoms with Crippen molar-refractivity contribution >= 4 is 5.82 Å². The molecule has 1 N–H and O–H groups in total. The van der Waals surface area contributed by atoms with E-state index in [2.05, 4.69) is 28.3 Å². The summed E-state index contributed by atoms with van der Waals surface area (Å²) in [5.41, 5.74) is 1.16. The van der Waals surface area contributed by atoms with Crippen LogP contribution in [0.25, 0.3) is 0 Å². The third kappa shape index (κ3) is 2.76. The summed E-state index contributed by atoms with van der Waals surface area (Å²) in [6, 6.07) is 2.81. The number of nitrogens with zero attached hydrogens (tertiary/aromatic N) is 2. The summed E-state index contributed by atoms with van der Waals surface area (Å²) < 4.78 is 0. The second-order valence-corrected chi connectivity index (χ2v) is 5.49. The van der Waals surface area contributed by atoms with Gasteiger partial charge in [-0.3, -0.25) is 0 Å². The number of hydrogen-bond donors (Lipinski definition) is 1. The number of aromatic nitrogens is 2. The molecule has 2 aliphatic carbocycles. The molecule has 92 valence electrons. The first-order chi connectivity index (χ1) is 8.36. The van der Waals surface area contributed by atoms with E-state index in [-0.39, 0.29) is 0 Å². The summed E-state index contributed by atoms with van der Waals surface area (Å²) in [4.78, 5) is 8.67. The maximum Gasteiger partial charge on any atom is 0.129 e. The fraction of sp³-hybridized carbons (Fsp3) is 0.714. The monoisotopic (exact) mass is 231 g/mol. The van der Waals surface area contributed by atoms with E-state index in [1.54, 1.807) is 6.33 Å². The van der Waals surface area contributed by atoms with Crippen LogP contribution in [0, 0.1) is 11.8 Å². The van der Waals surface area contributed by atoms with Crippen LogP contribution in [-0.2, 0) is 6.42 Å². The lowest BCUT2D eigenvalue weighted by molar-refractivity contribution is 0.565. The quantitative estimate of drug-likeness (QED) is 0.817. The van der Waals surface area contributed by atoms with Gasteiger partial charge in [0.15, 0.2) is 0 Å². The summed E-state index contributed by atoms with van der Waals surface area (Å²) in [5.74, 6) is 2.85. The van der Waals surface area contributed by atoms with Crippen molar-refractivity contribution in [2.45, 2.75) is 51.5 Å². The molecule has 2 saturated carbocycles. The Morgan fingerprint density at radius 1 is 1.24 bits per heavy atom. The third-order valence-corrected chi connectivity index (χ3v) is 3.80. The first-order valence-electron chi connectivity index (χ1n) is 6.94. The zero-order chi connectivity index (χ0) is 11.7. The Morgan fingerprint density at radius 2 is 1.94 bits per heavy atom. The highest BCUT2D eigenvalue weighted by molar-refractivity contribution is 5.37. The van der Waals surface area contributed by atoms with Gasteiger partial charge in [-0.15, -0.1) is 0 Å². The van der Waals surface area contributed by atoms with Crippen molar-refractivity contribution in [2.24, 2.45) is 11.8 Å². The van der Waals surface area contributed by atoms with E-state index in [0.717, 1.165) is 36.2 Å². The molecule has 0 aliphatic heterocycles. The van der Waals surface area contributed by atoms with Crippen LogP contribution < -0.4 is 5.32 Å². The Bertz CT molecular complexity index is 371. The van der Waals surface area contributed by atoms with Crippen LogP contribution in [-0.4, -0.2) is 16.0 Å². The molecule has 3 rings (SSSR count). The van der Waals surface area contributed by atoms with Gasteiger partial charge in [0.25, 0.3) is 0 Å². The lowest BCUT2D eigenvalue weighted by Crippen LogP contribution is -2.24. The molecule has 1 aromatic rings.